The van der Waals surface area contributed by atoms with Gasteiger partial charge in [-0.15, -0.1) is 11.3 Å². The fourth-order valence-electron chi connectivity index (χ4n) is 5.00. The van der Waals surface area contributed by atoms with Crippen LogP contribution >= 0.6 is 11.3 Å². The van der Waals surface area contributed by atoms with E-state index < -0.39 is 0 Å². The Morgan fingerprint density at radius 3 is 2.74 bits per heavy atom. The van der Waals surface area contributed by atoms with Crippen molar-refractivity contribution in [1.29, 1.82) is 0 Å². The van der Waals surface area contributed by atoms with Crippen LogP contribution < -0.4 is 5.32 Å². The van der Waals surface area contributed by atoms with Crippen LogP contribution in [0.5, 0.6) is 0 Å². The molecular weight excluding hydrogens is 400 g/mol. The monoisotopic (exact) mass is 426 g/mol. The molecule has 1 aromatic carbocycles. The van der Waals surface area contributed by atoms with Crippen LogP contribution in [0.3, 0.4) is 0 Å². The van der Waals surface area contributed by atoms with Gasteiger partial charge in [0.25, 0.3) is 0 Å². The number of piperidine rings is 1. The molecule has 2 N–H and O–H groups in total. The Balaban J connectivity index is 1.43. The van der Waals surface area contributed by atoms with E-state index in [4.69, 9.17) is 4.99 Å². The summed E-state index contributed by atoms with van der Waals surface area (Å²) in [5, 5.41) is 4.70. The minimum atomic E-state index is 0.648. The summed E-state index contributed by atoms with van der Waals surface area (Å²) in [5.41, 5.74) is 8.63. The molecule has 6 rings (SSSR count). The van der Waals surface area contributed by atoms with Crippen molar-refractivity contribution < 1.29 is 0 Å². The van der Waals surface area contributed by atoms with Crippen LogP contribution in [0, 0.1) is 6.92 Å². The number of benzene rings is 1. The smallest absolute Gasteiger partial charge is 0.0884 e. The second-order valence-corrected chi connectivity index (χ2v) is 9.95. The summed E-state index contributed by atoms with van der Waals surface area (Å²) in [7, 11) is 0. The summed E-state index contributed by atoms with van der Waals surface area (Å²) in [6.45, 7) is 5.23. The summed E-state index contributed by atoms with van der Waals surface area (Å²) in [5.74, 6) is 0.648. The highest BCUT2D eigenvalue weighted by molar-refractivity contribution is 7.15. The number of aromatic nitrogens is 2. The molecular formula is C26H26N4S. The van der Waals surface area contributed by atoms with Crippen LogP contribution in [-0.4, -0.2) is 35.3 Å². The molecule has 0 bridgehead atoms. The Morgan fingerprint density at radius 1 is 1.00 bits per heavy atom. The first kappa shape index (κ1) is 19.0. The minimum Gasteiger partial charge on any atom is -0.352 e. The highest BCUT2D eigenvalue weighted by atomic mass is 32.1. The lowest BCUT2D eigenvalue weighted by atomic mass is 9.86. The number of aromatic amines is 1. The van der Waals surface area contributed by atoms with Crippen LogP contribution in [-0.2, 0) is 6.42 Å². The molecule has 0 atom stereocenters. The van der Waals surface area contributed by atoms with Gasteiger partial charge in [-0.05, 0) is 80.6 Å². The average Bonchev–Trinajstić information content (AvgIpc) is 3.45. The zero-order valence-corrected chi connectivity index (χ0v) is 18.6. The molecule has 1 fully saturated rings. The van der Waals surface area contributed by atoms with Crippen LogP contribution in [0.1, 0.15) is 46.0 Å². The predicted octanol–water partition coefficient (Wildman–Crippen LogP) is 5.46. The molecule has 4 nitrogen and oxygen atoms in total. The number of rotatable bonds is 3. The summed E-state index contributed by atoms with van der Waals surface area (Å²) in [6, 6.07) is 13.7. The number of H-pyrrole nitrogens is 1. The van der Waals surface area contributed by atoms with Gasteiger partial charge in [-0.25, -0.2) is 0 Å². The van der Waals surface area contributed by atoms with Gasteiger partial charge in [-0.1, -0.05) is 12.1 Å². The topological polar surface area (TPSA) is 53.1 Å². The second kappa shape index (κ2) is 7.74. The molecule has 31 heavy (non-hydrogen) atoms. The largest absolute Gasteiger partial charge is 0.352 e. The fourth-order valence-corrected chi connectivity index (χ4v) is 5.89. The third-order valence-electron chi connectivity index (χ3n) is 6.66. The standard InChI is InChI=1S/C26H26N4S/c1-16-2-5-25(31-16)22-14-28-15-24-21(22)13-23(30-24)26-20-12-19(17-6-9-27-10-7-17)4-3-18(20)8-11-29-26/h2-5,12-15,17,27,30H,6-11H2,1H3. The molecule has 0 aliphatic carbocycles. The van der Waals surface area contributed by atoms with Gasteiger partial charge in [0.2, 0.25) is 0 Å². The first-order valence-electron chi connectivity index (χ1n) is 11.2. The van der Waals surface area contributed by atoms with Crippen molar-refractivity contribution in [3.63, 3.8) is 0 Å². The summed E-state index contributed by atoms with van der Waals surface area (Å²) in [6.07, 6.45) is 7.36. The Labute approximate surface area is 186 Å². The molecule has 0 spiro atoms. The summed E-state index contributed by atoms with van der Waals surface area (Å²) >= 11 is 1.82. The number of nitrogens with one attached hydrogen (secondary N) is 2. The van der Waals surface area contributed by atoms with Crippen molar-refractivity contribution in [3.8, 4) is 10.4 Å². The zero-order valence-electron chi connectivity index (χ0n) is 17.7. The number of hydrogen-bond acceptors (Lipinski definition) is 4. The highest BCUT2D eigenvalue weighted by Crippen LogP contribution is 2.35. The molecule has 1 saturated heterocycles. The van der Waals surface area contributed by atoms with E-state index in [-0.39, 0.29) is 0 Å². The van der Waals surface area contributed by atoms with Gasteiger partial charge in [-0.2, -0.15) is 0 Å². The molecule has 156 valence electrons. The lowest BCUT2D eigenvalue weighted by Crippen LogP contribution is -2.27. The maximum atomic E-state index is 4.98. The summed E-state index contributed by atoms with van der Waals surface area (Å²) in [4.78, 5) is 15.7. The van der Waals surface area contributed by atoms with E-state index >= 15 is 0 Å². The van der Waals surface area contributed by atoms with Crippen molar-refractivity contribution in [2.75, 3.05) is 19.6 Å². The van der Waals surface area contributed by atoms with Crippen molar-refractivity contribution in [2.45, 2.75) is 32.1 Å². The van der Waals surface area contributed by atoms with E-state index in [1.807, 2.05) is 23.7 Å². The van der Waals surface area contributed by atoms with Crippen LogP contribution in [0.25, 0.3) is 21.3 Å². The number of pyridine rings is 1. The Morgan fingerprint density at radius 2 is 1.90 bits per heavy atom. The molecule has 5 heteroatoms. The van der Waals surface area contributed by atoms with Gasteiger partial charge in [0.15, 0.2) is 0 Å². The quantitative estimate of drug-likeness (QED) is 0.457. The molecule has 2 aliphatic rings. The number of aryl methyl sites for hydroxylation is 1. The number of nitrogens with zero attached hydrogens (tertiary/aromatic N) is 2. The SMILES string of the molecule is Cc1ccc(-c2cncc3[nH]c(C4=NCCc5ccc(C6CCNCC6)cc54)cc23)s1. The van der Waals surface area contributed by atoms with Crippen molar-refractivity contribution in [3.05, 3.63) is 76.1 Å². The normalized spacial score (nSPS) is 17.0. The van der Waals surface area contributed by atoms with Crippen LogP contribution in [0.15, 0.2) is 53.8 Å². The van der Waals surface area contributed by atoms with Gasteiger partial charge in [0.1, 0.15) is 0 Å². The molecule has 0 radical (unpaired) electrons. The Bertz CT molecular complexity index is 1290. The maximum Gasteiger partial charge on any atom is 0.0884 e. The molecule has 0 amide bonds. The highest BCUT2D eigenvalue weighted by Gasteiger charge is 2.22. The zero-order chi connectivity index (χ0) is 20.8. The van der Waals surface area contributed by atoms with Gasteiger partial charge in [0, 0.05) is 39.0 Å². The average molecular weight is 427 g/mol. The van der Waals surface area contributed by atoms with Gasteiger partial charge < -0.3 is 10.3 Å². The lowest BCUT2D eigenvalue weighted by Gasteiger charge is -2.25. The van der Waals surface area contributed by atoms with Crippen molar-refractivity contribution in [2.24, 2.45) is 4.99 Å². The summed E-state index contributed by atoms with van der Waals surface area (Å²) < 4.78 is 0. The van der Waals surface area contributed by atoms with Crippen molar-refractivity contribution in [1.82, 2.24) is 15.3 Å². The number of fused-ring (bicyclic) bond motifs is 2. The first-order valence-corrected chi connectivity index (χ1v) is 12.0. The van der Waals surface area contributed by atoms with E-state index in [9.17, 15) is 0 Å². The lowest BCUT2D eigenvalue weighted by molar-refractivity contribution is 0.460. The van der Waals surface area contributed by atoms with E-state index in [0.29, 0.717) is 5.92 Å². The number of aliphatic imine (C=N–C) groups is 1. The molecule has 0 unspecified atom stereocenters. The molecule has 3 aromatic heterocycles. The first-order chi connectivity index (χ1) is 15.3. The van der Waals surface area contributed by atoms with E-state index in [2.05, 4.69) is 58.6 Å². The third kappa shape index (κ3) is 3.42. The minimum absolute atomic E-state index is 0.648. The number of thiophene rings is 1. The van der Waals surface area contributed by atoms with Gasteiger partial charge >= 0.3 is 0 Å². The van der Waals surface area contributed by atoms with E-state index in [1.54, 1.807) is 0 Å². The second-order valence-electron chi connectivity index (χ2n) is 8.66. The van der Waals surface area contributed by atoms with E-state index in [0.717, 1.165) is 43.0 Å². The molecule has 4 aromatic rings. The van der Waals surface area contributed by atoms with Gasteiger partial charge in [-0.3, -0.25) is 9.98 Å². The van der Waals surface area contributed by atoms with Crippen LogP contribution in [0.4, 0.5) is 0 Å². The fraction of sp³-hybridized carbons (Fsp3) is 0.308. The molecule has 0 saturated carbocycles. The molecule has 5 heterocycles. The third-order valence-corrected chi connectivity index (χ3v) is 7.69. The van der Waals surface area contributed by atoms with Crippen LogP contribution in [0.2, 0.25) is 0 Å². The maximum absolute atomic E-state index is 4.98. The Kier molecular flexibility index (Phi) is 4.73. The molecule has 2 aliphatic heterocycles. The van der Waals surface area contributed by atoms with Gasteiger partial charge in [0.05, 0.1) is 23.1 Å². The van der Waals surface area contributed by atoms with Crippen molar-refractivity contribution >= 4 is 28.0 Å². The Hall–Kier alpha value is -2.76. The van der Waals surface area contributed by atoms with E-state index in [1.165, 1.54) is 50.2 Å². The number of hydrogen-bond donors (Lipinski definition) is 2. The predicted molar refractivity (Wildman–Crippen MR) is 130 cm³/mol.